The van der Waals surface area contributed by atoms with Gasteiger partial charge in [0.25, 0.3) is 0 Å². The quantitative estimate of drug-likeness (QED) is 0.303. The van der Waals surface area contributed by atoms with Gasteiger partial charge in [0, 0.05) is 12.5 Å². The van der Waals surface area contributed by atoms with Gasteiger partial charge >= 0.3 is 0 Å². The SMILES string of the molecule is CC1=CC(=O)C2C(O)CC(O)C([C@@H]3O[C@H](CO)[C@@H](O)[C@H](O)[C@H]3O)C2O1. The van der Waals surface area contributed by atoms with Gasteiger partial charge in [-0.25, -0.2) is 0 Å². The van der Waals surface area contributed by atoms with Gasteiger partial charge in [-0.2, -0.15) is 0 Å². The van der Waals surface area contributed by atoms with E-state index in [1.54, 1.807) is 6.92 Å². The summed E-state index contributed by atoms with van der Waals surface area (Å²) in [5.41, 5.74) is 0. The minimum absolute atomic E-state index is 0.122. The number of aliphatic hydroxyl groups is 6. The van der Waals surface area contributed by atoms with E-state index in [4.69, 9.17) is 9.47 Å². The van der Waals surface area contributed by atoms with Crippen molar-refractivity contribution in [3.05, 3.63) is 11.8 Å². The van der Waals surface area contributed by atoms with E-state index in [2.05, 4.69) is 0 Å². The Labute approximate surface area is 144 Å². The Balaban J connectivity index is 1.93. The van der Waals surface area contributed by atoms with Crippen molar-refractivity contribution in [2.75, 3.05) is 6.61 Å². The van der Waals surface area contributed by atoms with Crippen LogP contribution in [0.4, 0.5) is 0 Å². The number of carbonyl (C=O) groups is 1. The van der Waals surface area contributed by atoms with Gasteiger partial charge in [0.2, 0.25) is 0 Å². The van der Waals surface area contributed by atoms with Crippen molar-refractivity contribution in [1.29, 1.82) is 0 Å². The van der Waals surface area contributed by atoms with E-state index in [0.717, 1.165) is 0 Å². The van der Waals surface area contributed by atoms with Crippen LogP contribution in [0.5, 0.6) is 0 Å². The first-order valence-corrected chi connectivity index (χ1v) is 8.31. The highest BCUT2D eigenvalue weighted by atomic mass is 16.6. The number of hydrogen-bond acceptors (Lipinski definition) is 9. The van der Waals surface area contributed by atoms with E-state index in [1.165, 1.54) is 6.08 Å². The third-order valence-electron chi connectivity index (χ3n) is 5.38. The minimum atomic E-state index is -1.59. The highest BCUT2D eigenvalue weighted by molar-refractivity contribution is 5.93. The maximum atomic E-state index is 12.3. The average Bonchev–Trinajstić information content (AvgIpc) is 2.53. The third kappa shape index (κ3) is 3.10. The fourth-order valence-corrected chi connectivity index (χ4v) is 4.13. The summed E-state index contributed by atoms with van der Waals surface area (Å²) in [7, 11) is 0. The van der Waals surface area contributed by atoms with Crippen molar-refractivity contribution >= 4 is 5.78 Å². The maximum absolute atomic E-state index is 12.3. The molecule has 0 bridgehead atoms. The van der Waals surface area contributed by atoms with Gasteiger partial charge in [-0.05, 0) is 6.92 Å². The van der Waals surface area contributed by atoms with E-state index in [1.807, 2.05) is 0 Å². The zero-order chi connectivity index (χ0) is 18.5. The van der Waals surface area contributed by atoms with Gasteiger partial charge in [0.05, 0.1) is 42.5 Å². The Hall–Kier alpha value is -1.07. The van der Waals surface area contributed by atoms with Gasteiger partial charge in [-0.15, -0.1) is 0 Å². The lowest BCUT2D eigenvalue weighted by Gasteiger charge is -2.51. The number of carbonyl (C=O) groups excluding carboxylic acids is 1. The molecule has 6 N–H and O–H groups in total. The lowest BCUT2D eigenvalue weighted by Crippen LogP contribution is -2.66. The molecule has 0 spiro atoms. The molecular formula is C16H24O9. The van der Waals surface area contributed by atoms with E-state index in [0.29, 0.717) is 5.76 Å². The molecule has 5 unspecified atom stereocenters. The van der Waals surface area contributed by atoms with Crippen LogP contribution in [0.2, 0.25) is 0 Å². The summed E-state index contributed by atoms with van der Waals surface area (Å²) in [6, 6.07) is 0. The predicted molar refractivity (Wildman–Crippen MR) is 81.0 cm³/mol. The van der Waals surface area contributed by atoms with Crippen LogP contribution in [-0.4, -0.2) is 91.9 Å². The highest BCUT2D eigenvalue weighted by Gasteiger charge is 2.57. The van der Waals surface area contributed by atoms with Crippen LogP contribution in [0.3, 0.4) is 0 Å². The number of ketones is 1. The van der Waals surface area contributed by atoms with Crippen LogP contribution in [0.25, 0.3) is 0 Å². The average molecular weight is 360 g/mol. The summed E-state index contributed by atoms with van der Waals surface area (Å²) in [4.78, 5) is 12.3. The van der Waals surface area contributed by atoms with Crippen molar-refractivity contribution in [2.24, 2.45) is 11.8 Å². The lowest BCUT2D eigenvalue weighted by molar-refractivity contribution is -0.267. The monoisotopic (exact) mass is 360 g/mol. The van der Waals surface area contributed by atoms with Gasteiger partial charge in [0.15, 0.2) is 5.78 Å². The number of aliphatic hydroxyl groups excluding tert-OH is 6. The molecular weight excluding hydrogens is 336 g/mol. The molecule has 1 aliphatic carbocycles. The molecule has 2 aliphatic heterocycles. The molecule has 0 aromatic rings. The van der Waals surface area contributed by atoms with Gasteiger partial charge in [-0.3, -0.25) is 4.79 Å². The molecule has 10 atom stereocenters. The zero-order valence-electron chi connectivity index (χ0n) is 13.7. The van der Waals surface area contributed by atoms with Crippen LogP contribution >= 0.6 is 0 Å². The van der Waals surface area contributed by atoms with Gasteiger partial charge in [0.1, 0.15) is 30.5 Å². The Kier molecular flexibility index (Phi) is 5.18. The molecule has 9 nitrogen and oxygen atoms in total. The topological polar surface area (TPSA) is 157 Å². The van der Waals surface area contributed by atoms with Crippen molar-refractivity contribution < 1.29 is 44.9 Å². The molecule has 1 saturated heterocycles. The lowest BCUT2D eigenvalue weighted by atomic mass is 9.68. The van der Waals surface area contributed by atoms with Crippen LogP contribution < -0.4 is 0 Å². The standard InChI is InChI=1S/C16H24O9/c1-5-2-6(18)10-7(19)3-8(20)11(15(10)24-5)16-14(23)13(22)12(21)9(4-17)25-16/h2,7-17,19-23H,3-4H2,1H3/t7?,8?,9-,10?,11?,12-,13+,14-,15?,16+/m1/s1. The predicted octanol–water partition coefficient (Wildman–Crippen LogP) is -2.94. The summed E-state index contributed by atoms with van der Waals surface area (Å²) in [6.07, 6.45) is -9.08. The molecule has 3 rings (SSSR count). The molecule has 3 aliphatic rings. The summed E-state index contributed by atoms with van der Waals surface area (Å²) in [6.45, 7) is 0.964. The normalized spacial score (nSPS) is 50.7. The van der Waals surface area contributed by atoms with Gasteiger partial charge in [-0.1, -0.05) is 0 Å². The van der Waals surface area contributed by atoms with E-state index in [9.17, 15) is 35.4 Å². The minimum Gasteiger partial charge on any atom is -0.494 e. The maximum Gasteiger partial charge on any atom is 0.168 e. The van der Waals surface area contributed by atoms with Crippen LogP contribution in [0.1, 0.15) is 13.3 Å². The summed E-state index contributed by atoms with van der Waals surface area (Å²) in [5.74, 6) is -1.90. The van der Waals surface area contributed by atoms with Crippen LogP contribution in [0.15, 0.2) is 11.8 Å². The second-order valence-electron chi connectivity index (χ2n) is 7.01. The van der Waals surface area contributed by atoms with Crippen LogP contribution in [-0.2, 0) is 14.3 Å². The summed E-state index contributed by atoms with van der Waals surface area (Å²) >= 11 is 0. The third-order valence-corrected chi connectivity index (χ3v) is 5.38. The molecule has 1 saturated carbocycles. The Morgan fingerprint density at radius 2 is 1.72 bits per heavy atom. The molecule has 142 valence electrons. The number of allylic oxidation sites excluding steroid dienone is 2. The van der Waals surface area contributed by atoms with Crippen molar-refractivity contribution in [2.45, 2.75) is 62.2 Å². The first-order chi connectivity index (χ1) is 11.8. The Morgan fingerprint density at radius 3 is 2.36 bits per heavy atom. The zero-order valence-corrected chi connectivity index (χ0v) is 13.7. The van der Waals surface area contributed by atoms with Crippen LogP contribution in [0, 0.1) is 11.8 Å². The Bertz CT molecular complexity index is 548. The molecule has 0 aromatic carbocycles. The Morgan fingerprint density at radius 1 is 1.04 bits per heavy atom. The molecule has 0 radical (unpaired) electrons. The number of fused-ring (bicyclic) bond motifs is 1. The summed E-state index contributed by atoms with van der Waals surface area (Å²) in [5, 5.41) is 60.2. The van der Waals surface area contributed by atoms with Crippen molar-refractivity contribution in [3.8, 4) is 0 Å². The summed E-state index contributed by atoms with van der Waals surface area (Å²) < 4.78 is 11.2. The number of ether oxygens (including phenoxy) is 2. The fourth-order valence-electron chi connectivity index (χ4n) is 4.13. The second kappa shape index (κ2) is 6.92. The first-order valence-electron chi connectivity index (χ1n) is 8.31. The largest absolute Gasteiger partial charge is 0.494 e. The molecule has 0 amide bonds. The smallest absolute Gasteiger partial charge is 0.168 e. The van der Waals surface area contributed by atoms with Crippen molar-refractivity contribution in [3.63, 3.8) is 0 Å². The van der Waals surface area contributed by atoms with Gasteiger partial charge < -0.3 is 40.1 Å². The molecule has 25 heavy (non-hydrogen) atoms. The second-order valence-corrected chi connectivity index (χ2v) is 7.01. The number of hydrogen-bond donors (Lipinski definition) is 6. The molecule has 2 fully saturated rings. The van der Waals surface area contributed by atoms with E-state index in [-0.39, 0.29) is 12.2 Å². The van der Waals surface area contributed by atoms with E-state index < -0.39 is 67.3 Å². The fraction of sp³-hybridized carbons (Fsp3) is 0.812. The molecule has 2 heterocycles. The number of rotatable bonds is 2. The first kappa shape index (κ1) is 18.7. The highest BCUT2D eigenvalue weighted by Crippen LogP contribution is 2.42. The van der Waals surface area contributed by atoms with E-state index >= 15 is 0 Å². The molecule has 0 aromatic heterocycles. The van der Waals surface area contributed by atoms with Crippen molar-refractivity contribution in [1.82, 2.24) is 0 Å². The molecule has 9 heteroatoms.